The van der Waals surface area contributed by atoms with Gasteiger partial charge in [-0.1, -0.05) is 0 Å². The third-order valence-corrected chi connectivity index (χ3v) is 4.54. The second-order valence-corrected chi connectivity index (χ2v) is 6.36. The highest BCUT2D eigenvalue weighted by atomic mass is 16.7. The molecule has 1 aromatic rings. The highest BCUT2D eigenvalue weighted by Crippen LogP contribution is 2.32. The number of methoxy groups -OCH3 is 1. The third-order valence-electron chi connectivity index (χ3n) is 4.54. The summed E-state index contributed by atoms with van der Waals surface area (Å²) in [5.41, 5.74) is 0.469. The van der Waals surface area contributed by atoms with Gasteiger partial charge in [-0.2, -0.15) is 0 Å². The molecule has 1 atom stereocenters. The molecule has 144 valence electrons. The van der Waals surface area contributed by atoms with Crippen molar-refractivity contribution in [2.75, 3.05) is 33.5 Å². The Balaban J connectivity index is 1.88. The first-order chi connectivity index (χ1) is 12.6. The predicted molar refractivity (Wildman–Crippen MR) is 100 cm³/mol. The summed E-state index contributed by atoms with van der Waals surface area (Å²) in [4.78, 5) is 18.5. The smallest absolute Gasteiger partial charge is 0.291 e. The summed E-state index contributed by atoms with van der Waals surface area (Å²) in [5, 5.41) is 2.71. The maximum absolute atomic E-state index is 12.4. The van der Waals surface area contributed by atoms with Crippen LogP contribution in [0.4, 0.5) is 0 Å². The number of rotatable bonds is 8. The minimum absolute atomic E-state index is 0.0805. The van der Waals surface area contributed by atoms with Crippen LogP contribution in [0.1, 0.15) is 44.0 Å². The molecule has 0 fully saturated rings. The van der Waals surface area contributed by atoms with Crippen LogP contribution >= 0.6 is 0 Å². The van der Waals surface area contributed by atoms with Crippen molar-refractivity contribution in [1.29, 1.82) is 0 Å². The number of ether oxygens (including phenoxy) is 3. The van der Waals surface area contributed by atoms with Crippen molar-refractivity contribution in [2.45, 2.75) is 39.7 Å². The minimum Gasteiger partial charge on any atom is -0.468 e. The molecular formula is C19H30N3O4+. The number of amides is 1. The number of benzene rings is 1. The van der Waals surface area contributed by atoms with E-state index in [0.717, 1.165) is 32.5 Å². The molecule has 1 aromatic carbocycles. The Kier molecular flexibility index (Phi) is 7.72. The van der Waals surface area contributed by atoms with Crippen LogP contribution in [0, 0.1) is 0 Å². The molecule has 0 radical (unpaired) electrons. The Morgan fingerprint density at radius 1 is 1.31 bits per heavy atom. The molecule has 7 nitrogen and oxygen atoms in total. The van der Waals surface area contributed by atoms with Crippen LogP contribution in [0.5, 0.6) is 11.5 Å². The van der Waals surface area contributed by atoms with Crippen molar-refractivity contribution in [3.05, 3.63) is 23.8 Å². The molecule has 0 bridgehead atoms. The Hall–Kier alpha value is -2.28. The van der Waals surface area contributed by atoms with Crippen LogP contribution in [-0.2, 0) is 4.74 Å². The molecule has 2 N–H and O–H groups in total. The fraction of sp³-hybridized carbons (Fsp3) is 0.579. The quantitative estimate of drug-likeness (QED) is 0.538. The molecule has 26 heavy (non-hydrogen) atoms. The average molecular weight is 364 g/mol. The summed E-state index contributed by atoms with van der Waals surface area (Å²) in [6.45, 7) is 10.0. The van der Waals surface area contributed by atoms with Crippen LogP contribution in [0.2, 0.25) is 0 Å². The molecule has 0 saturated carbocycles. The second kappa shape index (κ2) is 10.0. The topological polar surface area (TPSA) is 73.6 Å². The Morgan fingerprint density at radius 3 is 2.73 bits per heavy atom. The van der Waals surface area contributed by atoms with E-state index in [-0.39, 0.29) is 24.8 Å². The second-order valence-electron chi connectivity index (χ2n) is 6.36. The van der Waals surface area contributed by atoms with E-state index in [1.807, 2.05) is 6.92 Å². The summed E-state index contributed by atoms with van der Waals surface area (Å²) in [7, 11) is 1.51. The molecule has 1 amide bonds. The molecule has 1 aliphatic rings. The number of nitrogens with zero attached hydrogens (tertiary/aromatic N) is 1. The van der Waals surface area contributed by atoms with Gasteiger partial charge < -0.3 is 19.1 Å². The predicted octanol–water partition coefficient (Wildman–Crippen LogP) is 1.24. The Morgan fingerprint density at radius 2 is 2.04 bits per heavy atom. The zero-order valence-electron chi connectivity index (χ0n) is 16.1. The molecular weight excluding hydrogens is 334 g/mol. The lowest BCUT2D eigenvalue weighted by atomic mass is 10.2. The van der Waals surface area contributed by atoms with E-state index in [2.05, 4.69) is 24.2 Å². The first-order valence-corrected chi connectivity index (χ1v) is 9.23. The molecule has 0 aliphatic carbocycles. The van der Waals surface area contributed by atoms with Crippen molar-refractivity contribution in [2.24, 2.45) is 4.99 Å². The highest BCUT2D eigenvalue weighted by molar-refractivity contribution is 6.04. The van der Waals surface area contributed by atoms with Gasteiger partial charge in [-0.05, 0) is 51.8 Å². The van der Waals surface area contributed by atoms with Crippen LogP contribution in [0.3, 0.4) is 0 Å². The molecule has 2 rings (SSSR count). The lowest BCUT2D eigenvalue weighted by Gasteiger charge is -2.16. The lowest BCUT2D eigenvalue weighted by molar-refractivity contribution is -0.896. The standard InChI is InChI=1S/C19H29N3O4/c1-5-22(6-2)11-7-8-14(3)20-19(24-4)21-18(23)15-9-10-16-17(12-15)26-13-25-16/h9-10,12,14H,5-8,11,13H2,1-4H3,(H,20,21,23)/p+1/t14-/m1/s1. The van der Waals surface area contributed by atoms with Crippen molar-refractivity contribution in [3.63, 3.8) is 0 Å². The van der Waals surface area contributed by atoms with Gasteiger partial charge in [0.25, 0.3) is 11.9 Å². The number of carbonyl (C=O) groups excluding carboxylic acids is 1. The third kappa shape index (κ3) is 5.62. The fourth-order valence-corrected chi connectivity index (χ4v) is 2.86. The fourth-order valence-electron chi connectivity index (χ4n) is 2.86. The lowest BCUT2D eigenvalue weighted by Crippen LogP contribution is -3.11. The van der Waals surface area contributed by atoms with Gasteiger partial charge >= 0.3 is 0 Å². The van der Waals surface area contributed by atoms with E-state index in [1.165, 1.54) is 7.11 Å². The van der Waals surface area contributed by atoms with E-state index < -0.39 is 0 Å². The first kappa shape index (κ1) is 20.0. The van der Waals surface area contributed by atoms with E-state index in [1.54, 1.807) is 23.1 Å². The number of aliphatic imine (C=N–C) groups is 1. The maximum atomic E-state index is 12.4. The number of nitrogens with one attached hydrogen (secondary N) is 2. The molecule has 0 spiro atoms. The SMILES string of the molecule is CC[NH+](CC)CCC[C@@H](C)N=C(NC(=O)c1ccc2c(c1)OCO2)OC. The van der Waals surface area contributed by atoms with Crippen LogP contribution in [-0.4, -0.2) is 51.5 Å². The highest BCUT2D eigenvalue weighted by Gasteiger charge is 2.17. The summed E-state index contributed by atoms with van der Waals surface area (Å²) in [6.07, 6.45) is 2.05. The maximum Gasteiger partial charge on any atom is 0.291 e. The molecule has 0 unspecified atom stereocenters. The van der Waals surface area contributed by atoms with Gasteiger partial charge in [0.1, 0.15) is 0 Å². The first-order valence-electron chi connectivity index (χ1n) is 9.23. The monoisotopic (exact) mass is 364 g/mol. The number of carbonyl (C=O) groups is 1. The summed E-state index contributed by atoms with van der Waals surface area (Å²) in [6, 6.07) is 5.37. The van der Waals surface area contributed by atoms with Gasteiger partial charge in [-0.3, -0.25) is 10.1 Å². The van der Waals surface area contributed by atoms with Gasteiger partial charge in [-0.15, -0.1) is 0 Å². The zero-order chi connectivity index (χ0) is 18.9. The Bertz CT molecular complexity index is 629. The van der Waals surface area contributed by atoms with Crippen molar-refractivity contribution in [3.8, 4) is 11.5 Å². The van der Waals surface area contributed by atoms with Crippen LogP contribution in [0.25, 0.3) is 0 Å². The zero-order valence-corrected chi connectivity index (χ0v) is 16.1. The summed E-state index contributed by atoms with van der Waals surface area (Å²) < 4.78 is 15.8. The molecule has 0 saturated heterocycles. The number of hydrogen-bond donors (Lipinski definition) is 2. The van der Waals surface area contributed by atoms with Gasteiger partial charge in [0.05, 0.1) is 32.8 Å². The van der Waals surface area contributed by atoms with E-state index >= 15 is 0 Å². The molecule has 1 aliphatic heterocycles. The van der Waals surface area contributed by atoms with Crippen LogP contribution < -0.4 is 19.7 Å². The Labute approximate surface area is 155 Å². The number of fused-ring (bicyclic) bond motifs is 1. The average Bonchev–Trinajstić information content (AvgIpc) is 3.12. The van der Waals surface area contributed by atoms with Crippen molar-refractivity contribution < 1.29 is 23.9 Å². The molecule has 1 heterocycles. The summed E-state index contributed by atoms with van der Waals surface area (Å²) >= 11 is 0. The largest absolute Gasteiger partial charge is 0.468 e. The van der Waals surface area contributed by atoms with E-state index in [9.17, 15) is 4.79 Å². The molecule has 7 heteroatoms. The minimum atomic E-state index is -0.288. The van der Waals surface area contributed by atoms with Gasteiger partial charge in [0, 0.05) is 5.56 Å². The molecule has 0 aromatic heterocycles. The number of hydrogen-bond acceptors (Lipinski definition) is 5. The van der Waals surface area contributed by atoms with Gasteiger partial charge in [0.2, 0.25) is 6.79 Å². The van der Waals surface area contributed by atoms with E-state index in [0.29, 0.717) is 17.1 Å². The number of quaternary nitrogens is 1. The number of amidine groups is 1. The normalized spacial score (nSPS) is 14.4. The van der Waals surface area contributed by atoms with Crippen LogP contribution in [0.15, 0.2) is 23.2 Å². The summed E-state index contributed by atoms with van der Waals surface area (Å²) in [5.74, 6) is 0.927. The van der Waals surface area contributed by atoms with Gasteiger partial charge in [0.15, 0.2) is 11.5 Å². The van der Waals surface area contributed by atoms with E-state index in [4.69, 9.17) is 14.2 Å². The van der Waals surface area contributed by atoms with Crippen molar-refractivity contribution >= 4 is 11.9 Å². The van der Waals surface area contributed by atoms with Crippen molar-refractivity contribution in [1.82, 2.24) is 5.32 Å². The van der Waals surface area contributed by atoms with Gasteiger partial charge in [-0.25, -0.2) is 4.99 Å².